The van der Waals surface area contributed by atoms with Crippen molar-refractivity contribution < 1.29 is 0 Å². The van der Waals surface area contributed by atoms with Crippen LogP contribution in [0.5, 0.6) is 0 Å². The lowest BCUT2D eigenvalue weighted by Gasteiger charge is -2.32. The van der Waals surface area contributed by atoms with Crippen LogP contribution in [0.2, 0.25) is 0 Å². The molecule has 0 aliphatic carbocycles. The Labute approximate surface area is 143 Å². The van der Waals surface area contributed by atoms with Crippen LogP contribution in [0.15, 0.2) is 54.6 Å². The zero-order valence-electron chi connectivity index (χ0n) is 15.5. The van der Waals surface area contributed by atoms with Gasteiger partial charge in [0.15, 0.2) is 0 Å². The van der Waals surface area contributed by atoms with Crippen LogP contribution < -0.4 is 0 Å². The molecule has 0 aromatic heterocycles. The maximum Gasteiger partial charge on any atom is -0.00722 e. The van der Waals surface area contributed by atoms with Gasteiger partial charge in [-0.05, 0) is 53.2 Å². The van der Waals surface area contributed by atoms with Gasteiger partial charge in [-0.2, -0.15) is 0 Å². The molecule has 2 aromatic rings. The first-order valence-corrected chi connectivity index (χ1v) is 9.15. The molecule has 0 fully saturated rings. The van der Waals surface area contributed by atoms with Gasteiger partial charge in [-0.25, -0.2) is 0 Å². The first-order valence-electron chi connectivity index (χ1n) is 9.15. The molecule has 23 heavy (non-hydrogen) atoms. The van der Waals surface area contributed by atoms with E-state index in [1.165, 1.54) is 36.0 Å². The van der Waals surface area contributed by atoms with E-state index in [9.17, 15) is 0 Å². The molecular formula is C23H32. The lowest BCUT2D eigenvalue weighted by Crippen LogP contribution is -2.23. The average Bonchev–Trinajstić information content (AvgIpc) is 2.61. The summed E-state index contributed by atoms with van der Waals surface area (Å²) in [6.07, 6.45) is 3.57. The van der Waals surface area contributed by atoms with Crippen molar-refractivity contribution in [3.05, 3.63) is 71.3 Å². The maximum atomic E-state index is 2.41. The van der Waals surface area contributed by atoms with Crippen molar-refractivity contribution in [3.8, 4) is 0 Å². The molecule has 0 N–H and O–H groups in total. The van der Waals surface area contributed by atoms with Crippen LogP contribution in [-0.2, 0) is 5.41 Å². The quantitative estimate of drug-likeness (QED) is 0.513. The summed E-state index contributed by atoms with van der Waals surface area (Å²) in [6, 6.07) is 20.3. The second kappa shape index (κ2) is 7.81. The smallest absolute Gasteiger partial charge is 0.00722 e. The molecule has 0 amide bonds. The van der Waals surface area contributed by atoms with Crippen LogP contribution in [0, 0.1) is 0 Å². The Kier molecular flexibility index (Phi) is 6.04. The first kappa shape index (κ1) is 17.8. The highest BCUT2D eigenvalue weighted by molar-refractivity contribution is 5.30. The van der Waals surface area contributed by atoms with Crippen molar-refractivity contribution in [2.24, 2.45) is 0 Å². The third-order valence-corrected chi connectivity index (χ3v) is 5.69. The Hall–Kier alpha value is -1.56. The number of hydrogen-bond donors (Lipinski definition) is 0. The van der Waals surface area contributed by atoms with Gasteiger partial charge in [-0.1, -0.05) is 89.2 Å². The molecule has 0 heterocycles. The minimum atomic E-state index is 0.246. The molecule has 0 aliphatic rings. The van der Waals surface area contributed by atoms with Gasteiger partial charge in [0, 0.05) is 0 Å². The number of rotatable bonds is 7. The van der Waals surface area contributed by atoms with Crippen molar-refractivity contribution in [1.82, 2.24) is 0 Å². The minimum Gasteiger partial charge on any atom is -0.0648 e. The van der Waals surface area contributed by atoms with E-state index in [1.54, 1.807) is 0 Å². The second-order valence-corrected chi connectivity index (χ2v) is 7.36. The SMILES string of the molecule is CCC(C)c1ccc(C(C)CC(C)(CC)c2ccccc2)cc1. The summed E-state index contributed by atoms with van der Waals surface area (Å²) in [5.74, 6) is 1.23. The predicted octanol–water partition coefficient (Wildman–Crippen LogP) is 7.06. The van der Waals surface area contributed by atoms with Gasteiger partial charge in [-0.15, -0.1) is 0 Å². The fraction of sp³-hybridized carbons (Fsp3) is 0.478. The van der Waals surface area contributed by atoms with Crippen molar-refractivity contribution in [2.75, 3.05) is 0 Å². The van der Waals surface area contributed by atoms with Gasteiger partial charge in [0.05, 0.1) is 0 Å². The van der Waals surface area contributed by atoms with E-state index in [0.29, 0.717) is 11.8 Å². The van der Waals surface area contributed by atoms with E-state index < -0.39 is 0 Å². The molecule has 0 heteroatoms. The second-order valence-electron chi connectivity index (χ2n) is 7.36. The van der Waals surface area contributed by atoms with Crippen LogP contribution >= 0.6 is 0 Å². The van der Waals surface area contributed by atoms with Gasteiger partial charge >= 0.3 is 0 Å². The lowest BCUT2D eigenvalue weighted by atomic mass is 9.72. The highest BCUT2D eigenvalue weighted by Crippen LogP contribution is 2.37. The summed E-state index contributed by atoms with van der Waals surface area (Å²) in [4.78, 5) is 0. The molecule has 2 rings (SSSR count). The molecule has 124 valence electrons. The molecule has 0 spiro atoms. The largest absolute Gasteiger partial charge is 0.0648 e. The Morgan fingerprint density at radius 3 is 1.78 bits per heavy atom. The van der Waals surface area contributed by atoms with Gasteiger partial charge in [0.25, 0.3) is 0 Å². The third kappa shape index (κ3) is 4.25. The van der Waals surface area contributed by atoms with Gasteiger partial charge < -0.3 is 0 Å². The molecule has 0 saturated heterocycles. The predicted molar refractivity (Wildman–Crippen MR) is 102 cm³/mol. The Bertz CT molecular complexity index is 581. The summed E-state index contributed by atoms with van der Waals surface area (Å²) < 4.78 is 0. The molecular weight excluding hydrogens is 276 g/mol. The van der Waals surface area contributed by atoms with Crippen LogP contribution in [-0.4, -0.2) is 0 Å². The Balaban J connectivity index is 2.15. The highest BCUT2D eigenvalue weighted by atomic mass is 14.3. The van der Waals surface area contributed by atoms with Crippen LogP contribution in [0.25, 0.3) is 0 Å². The topological polar surface area (TPSA) is 0 Å². The van der Waals surface area contributed by atoms with Crippen molar-refractivity contribution in [2.45, 2.75) is 71.1 Å². The average molecular weight is 309 g/mol. The fourth-order valence-corrected chi connectivity index (χ4v) is 3.49. The van der Waals surface area contributed by atoms with E-state index in [2.05, 4.69) is 89.2 Å². The van der Waals surface area contributed by atoms with E-state index >= 15 is 0 Å². The zero-order valence-corrected chi connectivity index (χ0v) is 15.5. The summed E-state index contributed by atoms with van der Waals surface area (Å²) in [6.45, 7) is 11.7. The van der Waals surface area contributed by atoms with Gasteiger partial charge in [0.1, 0.15) is 0 Å². The summed E-state index contributed by atoms with van der Waals surface area (Å²) in [7, 11) is 0. The van der Waals surface area contributed by atoms with Gasteiger partial charge in [-0.3, -0.25) is 0 Å². The first-order chi connectivity index (χ1) is 11.0. The molecule has 3 unspecified atom stereocenters. The summed E-state index contributed by atoms with van der Waals surface area (Å²) in [5.41, 5.74) is 4.64. The molecule has 0 bridgehead atoms. The maximum absolute atomic E-state index is 2.41. The molecule has 3 atom stereocenters. The number of hydrogen-bond acceptors (Lipinski definition) is 0. The third-order valence-electron chi connectivity index (χ3n) is 5.69. The Morgan fingerprint density at radius 1 is 0.783 bits per heavy atom. The molecule has 0 aliphatic heterocycles. The monoisotopic (exact) mass is 308 g/mol. The minimum absolute atomic E-state index is 0.246. The van der Waals surface area contributed by atoms with E-state index in [4.69, 9.17) is 0 Å². The standard InChI is InChI=1S/C23H32/c1-6-18(3)20-13-15-21(16-14-20)19(4)17-23(5,7-2)22-11-9-8-10-12-22/h8-16,18-19H,6-7,17H2,1-5H3. The zero-order chi connectivity index (χ0) is 16.9. The van der Waals surface area contributed by atoms with Crippen LogP contribution in [0.3, 0.4) is 0 Å². The van der Waals surface area contributed by atoms with E-state index in [0.717, 1.165) is 0 Å². The molecule has 0 nitrogen and oxygen atoms in total. The van der Waals surface area contributed by atoms with E-state index in [-0.39, 0.29) is 5.41 Å². The molecule has 0 saturated carbocycles. The van der Waals surface area contributed by atoms with Crippen LogP contribution in [0.1, 0.15) is 82.4 Å². The molecule has 2 aromatic carbocycles. The lowest BCUT2D eigenvalue weighted by molar-refractivity contribution is 0.388. The van der Waals surface area contributed by atoms with Gasteiger partial charge in [0.2, 0.25) is 0 Å². The summed E-state index contributed by atoms with van der Waals surface area (Å²) in [5, 5.41) is 0. The highest BCUT2D eigenvalue weighted by Gasteiger charge is 2.27. The Morgan fingerprint density at radius 2 is 1.30 bits per heavy atom. The van der Waals surface area contributed by atoms with Crippen LogP contribution in [0.4, 0.5) is 0 Å². The van der Waals surface area contributed by atoms with Crippen molar-refractivity contribution in [1.29, 1.82) is 0 Å². The fourth-order valence-electron chi connectivity index (χ4n) is 3.49. The molecule has 0 radical (unpaired) electrons. The van der Waals surface area contributed by atoms with Crippen molar-refractivity contribution >= 4 is 0 Å². The summed E-state index contributed by atoms with van der Waals surface area (Å²) >= 11 is 0. The van der Waals surface area contributed by atoms with E-state index in [1.807, 2.05) is 0 Å². The van der Waals surface area contributed by atoms with Crippen molar-refractivity contribution in [3.63, 3.8) is 0 Å². The number of benzene rings is 2. The normalized spacial score (nSPS) is 16.6.